The van der Waals surface area contributed by atoms with Gasteiger partial charge < -0.3 is 11.1 Å². The zero-order valence-electron chi connectivity index (χ0n) is 13.4. The second-order valence-electron chi connectivity index (χ2n) is 6.22. The first-order valence-corrected chi connectivity index (χ1v) is 8.39. The Morgan fingerprint density at radius 3 is 2.56 bits per heavy atom. The van der Waals surface area contributed by atoms with Crippen LogP contribution in [0.5, 0.6) is 0 Å². The van der Waals surface area contributed by atoms with Crippen molar-refractivity contribution in [1.82, 2.24) is 0 Å². The van der Waals surface area contributed by atoms with E-state index >= 15 is 0 Å². The quantitative estimate of drug-likeness (QED) is 0.590. The van der Waals surface area contributed by atoms with Crippen molar-refractivity contribution >= 4 is 17.3 Å². The summed E-state index contributed by atoms with van der Waals surface area (Å²) in [5, 5.41) is 3.91. The molecule has 0 aromatic heterocycles. The van der Waals surface area contributed by atoms with Crippen LogP contribution in [0.15, 0.2) is 48.0 Å². The summed E-state index contributed by atoms with van der Waals surface area (Å²) in [6.07, 6.45) is 3.01. The van der Waals surface area contributed by atoms with Gasteiger partial charge in [0.05, 0.1) is 0 Å². The van der Waals surface area contributed by atoms with Crippen molar-refractivity contribution in [2.75, 3.05) is 11.9 Å². The molecule has 0 amide bonds. The van der Waals surface area contributed by atoms with Crippen molar-refractivity contribution in [2.24, 2.45) is 5.73 Å². The average molecular weight is 367 g/mol. The van der Waals surface area contributed by atoms with Crippen molar-refractivity contribution in [3.63, 3.8) is 0 Å². The van der Waals surface area contributed by atoms with Crippen LogP contribution in [0.1, 0.15) is 24.3 Å². The third-order valence-electron chi connectivity index (χ3n) is 4.46. The molecule has 1 aliphatic carbocycles. The highest BCUT2D eigenvalue weighted by Crippen LogP contribution is 2.33. The maximum Gasteiger partial charge on any atom is 0.161 e. The predicted octanol–water partition coefficient (Wildman–Crippen LogP) is 5.00. The molecule has 0 bridgehead atoms. The summed E-state index contributed by atoms with van der Waals surface area (Å²) in [7, 11) is 0. The maximum absolute atomic E-state index is 14.0. The molecule has 25 heavy (non-hydrogen) atoms. The highest BCUT2D eigenvalue weighted by Gasteiger charge is 2.27. The Balaban J connectivity index is 1.69. The van der Waals surface area contributed by atoms with E-state index in [1.165, 1.54) is 0 Å². The van der Waals surface area contributed by atoms with Crippen LogP contribution in [0.2, 0.25) is 5.02 Å². The molecule has 2 aromatic rings. The summed E-state index contributed by atoms with van der Waals surface area (Å²) >= 11 is 5.95. The second kappa shape index (κ2) is 7.50. The molecule has 0 unspecified atom stereocenters. The number of halogens is 4. The first kappa shape index (κ1) is 17.8. The van der Waals surface area contributed by atoms with E-state index in [0.29, 0.717) is 30.5 Å². The largest absolute Gasteiger partial charge is 0.381 e. The number of benzene rings is 2. The lowest BCUT2D eigenvalue weighted by Gasteiger charge is -2.29. The molecule has 0 saturated heterocycles. The third kappa shape index (κ3) is 4.17. The van der Waals surface area contributed by atoms with E-state index in [9.17, 15) is 13.2 Å². The van der Waals surface area contributed by atoms with Crippen molar-refractivity contribution in [3.05, 3.63) is 76.1 Å². The van der Waals surface area contributed by atoms with Crippen LogP contribution in [0, 0.1) is 17.5 Å². The van der Waals surface area contributed by atoms with E-state index in [2.05, 4.69) is 5.32 Å². The Bertz CT molecular complexity index is 807. The number of nitrogens with two attached hydrogens (primary N) is 1. The highest BCUT2D eigenvalue weighted by molar-refractivity contribution is 6.30. The van der Waals surface area contributed by atoms with Gasteiger partial charge in [-0.25, -0.2) is 13.2 Å². The highest BCUT2D eigenvalue weighted by atomic mass is 35.5. The molecule has 0 fully saturated rings. The van der Waals surface area contributed by atoms with Gasteiger partial charge in [0.1, 0.15) is 5.82 Å². The fraction of sp³-hybridized carbons (Fsp3) is 0.263. The lowest BCUT2D eigenvalue weighted by molar-refractivity contribution is 0.455. The Kier molecular flexibility index (Phi) is 5.35. The third-order valence-corrected chi connectivity index (χ3v) is 4.69. The molecule has 1 aliphatic rings. The molecule has 0 aliphatic heterocycles. The molecule has 132 valence electrons. The Hall–Kier alpha value is -1.98. The second-order valence-corrected chi connectivity index (χ2v) is 6.66. The van der Waals surface area contributed by atoms with Gasteiger partial charge in [0.25, 0.3) is 0 Å². The van der Waals surface area contributed by atoms with Crippen molar-refractivity contribution < 1.29 is 13.2 Å². The minimum atomic E-state index is -1.19. The SMILES string of the molecule is N[C@@H]1CC(CNc2cccc(Cl)c2)=CC[C@H]1c1cc(F)c(F)cc1F. The predicted molar refractivity (Wildman–Crippen MR) is 94.3 cm³/mol. The Morgan fingerprint density at radius 1 is 1.08 bits per heavy atom. The van der Waals surface area contributed by atoms with Gasteiger partial charge in [-0.1, -0.05) is 29.3 Å². The van der Waals surface area contributed by atoms with Crippen molar-refractivity contribution in [3.8, 4) is 0 Å². The average Bonchev–Trinajstić information content (AvgIpc) is 2.57. The molecule has 2 aromatic carbocycles. The first-order valence-electron chi connectivity index (χ1n) is 8.01. The zero-order valence-corrected chi connectivity index (χ0v) is 14.2. The van der Waals surface area contributed by atoms with Gasteiger partial charge in [-0.3, -0.25) is 0 Å². The van der Waals surface area contributed by atoms with Gasteiger partial charge >= 0.3 is 0 Å². The molecule has 3 N–H and O–H groups in total. The lowest BCUT2D eigenvalue weighted by Crippen LogP contribution is -2.33. The van der Waals surface area contributed by atoms with E-state index < -0.39 is 17.5 Å². The van der Waals surface area contributed by atoms with Crippen molar-refractivity contribution in [1.29, 1.82) is 0 Å². The molecule has 3 rings (SSSR count). The number of allylic oxidation sites excluding steroid dienone is 1. The van der Waals surface area contributed by atoms with E-state index in [1.807, 2.05) is 24.3 Å². The number of anilines is 1. The summed E-state index contributed by atoms with van der Waals surface area (Å²) in [6, 6.07) is 8.52. The molecular weight excluding hydrogens is 349 g/mol. The zero-order chi connectivity index (χ0) is 18.0. The Labute approximate surface area is 149 Å². The van der Waals surface area contributed by atoms with Crippen LogP contribution in [0.25, 0.3) is 0 Å². The maximum atomic E-state index is 14.0. The summed E-state index contributed by atoms with van der Waals surface area (Å²) in [6.45, 7) is 0.598. The smallest absolute Gasteiger partial charge is 0.161 e. The van der Waals surface area contributed by atoms with Gasteiger partial charge in [0, 0.05) is 35.3 Å². The monoisotopic (exact) mass is 366 g/mol. The van der Waals surface area contributed by atoms with Crippen LogP contribution in [0.4, 0.5) is 18.9 Å². The van der Waals surface area contributed by atoms with E-state index in [0.717, 1.165) is 17.3 Å². The molecule has 0 heterocycles. The van der Waals surface area contributed by atoms with Gasteiger partial charge in [0.2, 0.25) is 0 Å². The van der Waals surface area contributed by atoms with Crippen LogP contribution in [-0.2, 0) is 0 Å². The Morgan fingerprint density at radius 2 is 1.84 bits per heavy atom. The fourth-order valence-electron chi connectivity index (χ4n) is 3.13. The first-order chi connectivity index (χ1) is 11.9. The number of hydrogen-bond donors (Lipinski definition) is 2. The minimum absolute atomic E-state index is 0.129. The van der Waals surface area contributed by atoms with Crippen molar-refractivity contribution in [2.45, 2.75) is 24.8 Å². The number of nitrogens with one attached hydrogen (secondary N) is 1. The van der Waals surface area contributed by atoms with Crippen LogP contribution < -0.4 is 11.1 Å². The van der Waals surface area contributed by atoms with Gasteiger partial charge in [-0.2, -0.15) is 0 Å². The fourth-order valence-corrected chi connectivity index (χ4v) is 3.33. The summed E-state index contributed by atoms with van der Waals surface area (Å²) in [4.78, 5) is 0. The molecule has 0 spiro atoms. The van der Waals surface area contributed by atoms with E-state index in [4.69, 9.17) is 17.3 Å². The van der Waals surface area contributed by atoms with Gasteiger partial charge in [-0.05, 0) is 42.7 Å². The number of rotatable bonds is 4. The molecule has 0 radical (unpaired) electrons. The van der Waals surface area contributed by atoms with E-state index in [-0.39, 0.29) is 17.5 Å². The summed E-state index contributed by atoms with van der Waals surface area (Å²) in [5.74, 6) is -3.37. The molecular formula is C19H18ClF3N2. The summed E-state index contributed by atoms with van der Waals surface area (Å²) < 4.78 is 40.5. The minimum Gasteiger partial charge on any atom is -0.381 e. The molecule has 0 saturated carbocycles. The molecule has 2 atom stereocenters. The summed E-state index contributed by atoms with van der Waals surface area (Å²) in [5.41, 5.74) is 8.30. The topological polar surface area (TPSA) is 38.0 Å². The normalized spacial score (nSPS) is 20.3. The van der Waals surface area contributed by atoms with Crippen LogP contribution in [-0.4, -0.2) is 12.6 Å². The molecule has 6 heteroatoms. The number of hydrogen-bond acceptors (Lipinski definition) is 2. The lowest BCUT2D eigenvalue weighted by atomic mass is 9.80. The molecule has 2 nitrogen and oxygen atoms in total. The van der Waals surface area contributed by atoms with E-state index in [1.54, 1.807) is 6.07 Å². The van der Waals surface area contributed by atoms with Crippen LogP contribution in [0.3, 0.4) is 0 Å². The van der Waals surface area contributed by atoms with Gasteiger partial charge in [-0.15, -0.1) is 0 Å². The van der Waals surface area contributed by atoms with Gasteiger partial charge in [0.15, 0.2) is 11.6 Å². The van der Waals surface area contributed by atoms with Crippen LogP contribution >= 0.6 is 11.6 Å². The standard InChI is InChI=1S/C19H18ClF3N2/c20-12-2-1-3-13(7-12)25-10-11-4-5-14(19(24)6-11)15-8-17(22)18(23)9-16(15)21/h1-4,7-9,14,19,25H,5-6,10,24H2/t14-,19+/m0/s1.